The third kappa shape index (κ3) is 5.36. The van der Waals surface area contributed by atoms with Crippen molar-refractivity contribution in [3.63, 3.8) is 0 Å². The first-order chi connectivity index (χ1) is 15.9. The van der Waals surface area contributed by atoms with Crippen molar-refractivity contribution in [2.45, 2.75) is 68.3 Å². The molecule has 0 radical (unpaired) electrons. The van der Waals surface area contributed by atoms with Crippen molar-refractivity contribution >= 4 is 27.5 Å². The number of carbonyl (C=O) groups excluding carboxylic acids is 1. The van der Waals surface area contributed by atoms with Gasteiger partial charge in [0.15, 0.2) is 0 Å². The Kier molecular flexibility index (Phi) is 7.62. The lowest BCUT2D eigenvalue weighted by Gasteiger charge is -2.34. The number of ether oxygens (including phenoxy) is 1. The van der Waals surface area contributed by atoms with E-state index in [-0.39, 0.29) is 34.5 Å². The second-order valence-electron chi connectivity index (χ2n) is 8.85. The van der Waals surface area contributed by atoms with E-state index >= 15 is 0 Å². The number of aryl methyl sites for hydroxylation is 1. The molecule has 0 saturated heterocycles. The van der Waals surface area contributed by atoms with Gasteiger partial charge in [0.2, 0.25) is 15.9 Å². The molecule has 1 atom stereocenters. The van der Waals surface area contributed by atoms with Crippen molar-refractivity contribution in [2.24, 2.45) is 0 Å². The Morgan fingerprint density at radius 3 is 2.58 bits per heavy atom. The van der Waals surface area contributed by atoms with Crippen LogP contribution in [0.25, 0.3) is 0 Å². The van der Waals surface area contributed by atoms with E-state index < -0.39 is 10.0 Å². The topological polar surface area (TPSA) is 75.7 Å². The third-order valence-electron chi connectivity index (χ3n) is 6.72. The van der Waals surface area contributed by atoms with E-state index in [1.807, 2.05) is 12.1 Å². The number of methoxy groups -OCH3 is 1. The van der Waals surface area contributed by atoms with Gasteiger partial charge in [-0.1, -0.05) is 55.1 Å². The molecule has 2 aromatic rings. The molecule has 0 aromatic heterocycles. The fourth-order valence-electron chi connectivity index (χ4n) is 5.01. The monoisotopic (exact) mass is 490 g/mol. The molecule has 1 saturated carbocycles. The van der Waals surface area contributed by atoms with E-state index in [0.717, 1.165) is 56.9 Å². The summed E-state index contributed by atoms with van der Waals surface area (Å²) in [5.41, 5.74) is 2.38. The molecule has 33 heavy (non-hydrogen) atoms. The van der Waals surface area contributed by atoms with Crippen LogP contribution >= 0.6 is 11.6 Å². The Morgan fingerprint density at radius 1 is 1.09 bits per heavy atom. The highest BCUT2D eigenvalue weighted by atomic mass is 35.5. The average molecular weight is 491 g/mol. The predicted molar refractivity (Wildman–Crippen MR) is 129 cm³/mol. The number of nitrogens with one attached hydrogen (secondary N) is 1. The molecule has 0 unspecified atom stereocenters. The first-order valence-corrected chi connectivity index (χ1v) is 13.4. The minimum atomic E-state index is -3.91. The van der Waals surface area contributed by atoms with Crippen LogP contribution in [0.3, 0.4) is 0 Å². The standard InChI is InChI=1S/C25H31ClN2O4S/c1-32-24-15-14-20(16-22(24)26)33(30,31)28(19-10-3-2-4-11-19)17-25(29)27-23-13-7-9-18-8-5-6-12-21(18)23/h5-6,8,12,14-16,19,23H,2-4,7,9-11,13,17H2,1H3,(H,27,29)/t23-/m0/s1. The van der Waals surface area contributed by atoms with Crippen molar-refractivity contribution < 1.29 is 17.9 Å². The number of rotatable bonds is 7. The summed E-state index contributed by atoms with van der Waals surface area (Å²) >= 11 is 6.22. The van der Waals surface area contributed by atoms with Crippen LogP contribution in [0, 0.1) is 0 Å². The molecular weight excluding hydrogens is 460 g/mol. The Labute approximate surface area is 201 Å². The van der Waals surface area contributed by atoms with Gasteiger partial charge in [-0.15, -0.1) is 0 Å². The van der Waals surface area contributed by atoms with Gasteiger partial charge in [0, 0.05) is 6.04 Å². The number of hydrogen-bond donors (Lipinski definition) is 1. The lowest BCUT2D eigenvalue weighted by Crippen LogP contribution is -2.47. The van der Waals surface area contributed by atoms with Crippen LogP contribution in [-0.2, 0) is 21.2 Å². The van der Waals surface area contributed by atoms with Gasteiger partial charge < -0.3 is 10.1 Å². The van der Waals surface area contributed by atoms with Crippen molar-refractivity contribution in [1.29, 1.82) is 0 Å². The zero-order valence-corrected chi connectivity index (χ0v) is 20.5. The molecule has 1 amide bonds. The Balaban J connectivity index is 1.57. The van der Waals surface area contributed by atoms with Gasteiger partial charge >= 0.3 is 0 Å². The second kappa shape index (κ2) is 10.5. The summed E-state index contributed by atoms with van der Waals surface area (Å²) in [6.45, 7) is -0.199. The number of benzene rings is 2. The molecule has 0 spiro atoms. The number of sulfonamides is 1. The smallest absolute Gasteiger partial charge is 0.243 e. The van der Waals surface area contributed by atoms with Gasteiger partial charge in [0.25, 0.3) is 0 Å². The molecule has 2 aliphatic carbocycles. The second-order valence-corrected chi connectivity index (χ2v) is 11.1. The summed E-state index contributed by atoms with van der Waals surface area (Å²) in [6, 6.07) is 12.3. The van der Waals surface area contributed by atoms with Gasteiger partial charge in [-0.2, -0.15) is 4.31 Å². The fraction of sp³-hybridized carbons (Fsp3) is 0.480. The molecule has 1 N–H and O–H groups in total. The Bertz CT molecular complexity index is 1100. The van der Waals surface area contributed by atoms with Crippen molar-refractivity contribution in [3.05, 3.63) is 58.6 Å². The summed E-state index contributed by atoms with van der Waals surface area (Å²) in [4.78, 5) is 13.2. The van der Waals surface area contributed by atoms with Crippen molar-refractivity contribution in [3.8, 4) is 5.75 Å². The maximum atomic E-state index is 13.7. The van der Waals surface area contributed by atoms with Crippen molar-refractivity contribution in [1.82, 2.24) is 9.62 Å². The number of amides is 1. The predicted octanol–water partition coefficient (Wildman–Crippen LogP) is 4.87. The van der Waals surface area contributed by atoms with Crippen LogP contribution in [0.4, 0.5) is 0 Å². The summed E-state index contributed by atoms with van der Waals surface area (Å²) in [5.74, 6) is 0.138. The molecule has 2 aromatic carbocycles. The maximum Gasteiger partial charge on any atom is 0.243 e. The number of hydrogen-bond acceptors (Lipinski definition) is 4. The normalized spacial score (nSPS) is 19.2. The number of carbonyl (C=O) groups is 1. The lowest BCUT2D eigenvalue weighted by molar-refractivity contribution is -0.122. The first-order valence-electron chi connectivity index (χ1n) is 11.6. The number of fused-ring (bicyclic) bond motifs is 1. The summed E-state index contributed by atoms with van der Waals surface area (Å²) in [7, 11) is -2.43. The van der Waals surface area contributed by atoms with Crippen LogP contribution in [0.5, 0.6) is 5.75 Å². The minimum absolute atomic E-state index is 0.0784. The molecule has 0 heterocycles. The van der Waals surface area contributed by atoms with Crippen LogP contribution < -0.4 is 10.1 Å². The van der Waals surface area contributed by atoms with E-state index in [1.54, 1.807) is 6.07 Å². The SMILES string of the molecule is COc1ccc(S(=O)(=O)N(CC(=O)N[C@H]2CCCc3ccccc32)C2CCCCC2)cc1Cl. The number of nitrogens with zero attached hydrogens (tertiary/aromatic N) is 1. The molecule has 178 valence electrons. The van der Waals surface area contributed by atoms with Crippen LogP contribution in [-0.4, -0.2) is 38.3 Å². The molecule has 2 aliphatic rings. The quantitative estimate of drug-likeness (QED) is 0.601. The average Bonchev–Trinajstić information content (AvgIpc) is 2.83. The fourth-order valence-corrected chi connectivity index (χ4v) is 7.00. The van der Waals surface area contributed by atoms with E-state index in [0.29, 0.717) is 5.75 Å². The highest BCUT2D eigenvalue weighted by Crippen LogP contribution is 2.33. The summed E-state index contributed by atoms with van der Waals surface area (Å²) in [5, 5.41) is 3.33. The van der Waals surface area contributed by atoms with E-state index in [2.05, 4.69) is 17.4 Å². The van der Waals surface area contributed by atoms with Gasteiger partial charge in [0.1, 0.15) is 5.75 Å². The molecule has 1 fully saturated rings. The molecule has 4 rings (SSSR count). The van der Waals surface area contributed by atoms with Crippen molar-refractivity contribution in [2.75, 3.05) is 13.7 Å². The van der Waals surface area contributed by atoms with Gasteiger partial charge in [-0.3, -0.25) is 4.79 Å². The van der Waals surface area contributed by atoms with Gasteiger partial charge in [0.05, 0.1) is 29.6 Å². The van der Waals surface area contributed by atoms with E-state index in [1.165, 1.54) is 29.1 Å². The molecule has 0 bridgehead atoms. The zero-order valence-electron chi connectivity index (χ0n) is 18.9. The third-order valence-corrected chi connectivity index (χ3v) is 8.91. The Hall–Kier alpha value is -2.09. The molecule has 6 nitrogen and oxygen atoms in total. The molecule has 8 heteroatoms. The minimum Gasteiger partial charge on any atom is -0.495 e. The largest absolute Gasteiger partial charge is 0.495 e. The number of halogens is 1. The van der Waals surface area contributed by atoms with E-state index in [9.17, 15) is 13.2 Å². The van der Waals surface area contributed by atoms with Crippen LogP contribution in [0.15, 0.2) is 47.4 Å². The van der Waals surface area contributed by atoms with Gasteiger partial charge in [-0.05, 0) is 61.4 Å². The highest BCUT2D eigenvalue weighted by Gasteiger charge is 2.35. The van der Waals surface area contributed by atoms with Gasteiger partial charge in [-0.25, -0.2) is 8.42 Å². The lowest BCUT2D eigenvalue weighted by atomic mass is 9.88. The Morgan fingerprint density at radius 2 is 1.85 bits per heavy atom. The highest BCUT2D eigenvalue weighted by molar-refractivity contribution is 7.89. The van der Waals surface area contributed by atoms with Crippen LogP contribution in [0.2, 0.25) is 5.02 Å². The molecule has 0 aliphatic heterocycles. The summed E-state index contributed by atoms with van der Waals surface area (Å²) in [6.07, 6.45) is 7.36. The first kappa shape index (κ1) is 24.0. The van der Waals surface area contributed by atoms with Crippen LogP contribution in [0.1, 0.15) is 62.1 Å². The summed E-state index contributed by atoms with van der Waals surface area (Å²) < 4.78 is 33.9. The maximum absolute atomic E-state index is 13.7. The molecular formula is C25H31ClN2O4S. The zero-order chi connectivity index (χ0) is 23.4. The van der Waals surface area contributed by atoms with E-state index in [4.69, 9.17) is 16.3 Å².